The second-order valence-corrected chi connectivity index (χ2v) is 7.48. The molecule has 2 aromatic rings. The molecule has 1 aliphatic rings. The monoisotopic (exact) mass is 318 g/mol. The molecule has 0 radical (unpaired) electrons. The Hall–Kier alpha value is -1.92. The van der Waals surface area contributed by atoms with Crippen molar-refractivity contribution < 1.29 is 13.2 Å². The molecule has 0 aliphatic carbocycles. The summed E-state index contributed by atoms with van der Waals surface area (Å²) < 4.78 is 24.8. The summed E-state index contributed by atoms with van der Waals surface area (Å²) in [6.07, 6.45) is 2.42. The number of benzene rings is 2. The average Bonchev–Trinajstić information content (AvgIpc) is 2.97. The Balaban J connectivity index is 1.87. The normalized spacial score (nSPS) is 19.4. The van der Waals surface area contributed by atoms with Gasteiger partial charge in [0.1, 0.15) is 6.04 Å². The highest BCUT2D eigenvalue weighted by atomic mass is 32.2. The fraction of sp³-hybridized carbons (Fsp3) is 0.312. The Morgan fingerprint density at radius 2 is 1.91 bits per heavy atom. The van der Waals surface area contributed by atoms with Crippen molar-refractivity contribution in [1.82, 2.24) is 4.31 Å². The fourth-order valence-electron chi connectivity index (χ4n) is 2.95. The van der Waals surface area contributed by atoms with Crippen molar-refractivity contribution in [1.29, 1.82) is 0 Å². The summed E-state index contributed by atoms with van der Waals surface area (Å²) in [7, 11) is -3.36. The van der Waals surface area contributed by atoms with Crippen LogP contribution in [-0.2, 0) is 14.8 Å². The minimum atomic E-state index is -3.36. The lowest BCUT2D eigenvalue weighted by molar-refractivity contribution is -0.119. The quantitative estimate of drug-likeness (QED) is 0.943. The van der Waals surface area contributed by atoms with Crippen molar-refractivity contribution in [2.75, 3.05) is 18.1 Å². The molecule has 5 nitrogen and oxygen atoms in total. The van der Waals surface area contributed by atoms with Gasteiger partial charge in [0, 0.05) is 17.6 Å². The fourth-order valence-corrected chi connectivity index (χ4v) is 4.07. The molecule has 1 unspecified atom stereocenters. The summed E-state index contributed by atoms with van der Waals surface area (Å²) in [6, 6.07) is 12.8. The van der Waals surface area contributed by atoms with E-state index in [1.807, 2.05) is 42.5 Å². The molecule has 6 heteroatoms. The van der Waals surface area contributed by atoms with E-state index in [1.54, 1.807) is 0 Å². The number of fused-ring (bicyclic) bond motifs is 1. The van der Waals surface area contributed by atoms with Crippen molar-refractivity contribution in [3.63, 3.8) is 0 Å². The van der Waals surface area contributed by atoms with Crippen molar-refractivity contribution in [2.24, 2.45) is 0 Å². The summed E-state index contributed by atoms with van der Waals surface area (Å²) in [4.78, 5) is 12.5. The molecule has 1 N–H and O–H groups in total. The van der Waals surface area contributed by atoms with Gasteiger partial charge in [-0.05, 0) is 24.3 Å². The molecule has 0 spiro atoms. The Morgan fingerprint density at radius 1 is 1.18 bits per heavy atom. The molecule has 0 bridgehead atoms. The maximum atomic E-state index is 12.5. The number of rotatable bonds is 3. The second kappa shape index (κ2) is 5.70. The molecule has 1 aliphatic heterocycles. The average molecular weight is 318 g/mol. The standard InChI is InChI=1S/C16H18N2O3S/c1-22(20,21)18-11-5-10-15(18)16(19)17-14-9-4-7-12-6-2-3-8-13(12)14/h2-4,6-9,15H,5,10-11H2,1H3,(H,17,19). The smallest absolute Gasteiger partial charge is 0.242 e. The third-order valence-electron chi connectivity index (χ3n) is 3.98. The van der Waals surface area contributed by atoms with Crippen LogP contribution in [0.2, 0.25) is 0 Å². The summed E-state index contributed by atoms with van der Waals surface area (Å²) in [5.41, 5.74) is 0.712. The third kappa shape index (κ3) is 2.84. The largest absolute Gasteiger partial charge is 0.324 e. The first-order valence-corrected chi connectivity index (χ1v) is 9.07. The molecule has 1 heterocycles. The van der Waals surface area contributed by atoms with Crippen LogP contribution in [0.15, 0.2) is 42.5 Å². The number of carbonyl (C=O) groups is 1. The zero-order valence-electron chi connectivity index (χ0n) is 12.3. The van der Waals surface area contributed by atoms with Gasteiger partial charge in [0.15, 0.2) is 0 Å². The maximum absolute atomic E-state index is 12.5. The maximum Gasteiger partial charge on any atom is 0.242 e. The van der Waals surface area contributed by atoms with Crippen molar-refractivity contribution in [2.45, 2.75) is 18.9 Å². The van der Waals surface area contributed by atoms with E-state index < -0.39 is 16.1 Å². The van der Waals surface area contributed by atoms with Gasteiger partial charge in [-0.25, -0.2) is 8.42 Å². The third-order valence-corrected chi connectivity index (χ3v) is 5.27. The van der Waals surface area contributed by atoms with Gasteiger partial charge in [0.2, 0.25) is 15.9 Å². The number of sulfonamides is 1. The second-order valence-electron chi connectivity index (χ2n) is 5.55. The first-order valence-electron chi connectivity index (χ1n) is 7.22. The predicted octanol–water partition coefficient (Wildman–Crippen LogP) is 2.20. The summed E-state index contributed by atoms with van der Waals surface area (Å²) in [6.45, 7) is 0.409. The van der Waals surface area contributed by atoms with Crippen LogP contribution in [0.5, 0.6) is 0 Å². The van der Waals surface area contributed by atoms with Gasteiger partial charge in [-0.15, -0.1) is 0 Å². The number of nitrogens with one attached hydrogen (secondary N) is 1. The summed E-state index contributed by atoms with van der Waals surface area (Å²) in [5.74, 6) is -0.265. The first kappa shape index (κ1) is 15.0. The predicted molar refractivity (Wildman–Crippen MR) is 87.1 cm³/mol. The van der Waals surface area contributed by atoms with Crippen LogP contribution in [0.25, 0.3) is 10.8 Å². The zero-order chi connectivity index (χ0) is 15.7. The Labute approximate surface area is 130 Å². The molecule has 22 heavy (non-hydrogen) atoms. The minimum absolute atomic E-state index is 0.265. The Bertz CT molecular complexity index is 812. The zero-order valence-corrected chi connectivity index (χ0v) is 13.1. The number of anilines is 1. The van der Waals surface area contributed by atoms with Crippen molar-refractivity contribution >= 4 is 32.4 Å². The molecule has 1 atom stereocenters. The first-order chi connectivity index (χ1) is 10.5. The van der Waals surface area contributed by atoms with Gasteiger partial charge in [-0.1, -0.05) is 36.4 Å². The SMILES string of the molecule is CS(=O)(=O)N1CCCC1C(=O)Nc1cccc2ccccc12. The molecule has 116 valence electrons. The molecule has 0 aromatic heterocycles. The Kier molecular flexibility index (Phi) is 3.88. The van der Waals surface area contributed by atoms with Gasteiger partial charge >= 0.3 is 0 Å². The lowest BCUT2D eigenvalue weighted by Crippen LogP contribution is -2.42. The van der Waals surface area contributed by atoms with E-state index in [9.17, 15) is 13.2 Å². The lowest BCUT2D eigenvalue weighted by Gasteiger charge is -2.21. The topological polar surface area (TPSA) is 66.5 Å². The molecular formula is C16H18N2O3S. The summed E-state index contributed by atoms with van der Waals surface area (Å²) >= 11 is 0. The molecule has 0 saturated carbocycles. The highest BCUT2D eigenvalue weighted by molar-refractivity contribution is 7.88. The van der Waals surface area contributed by atoms with E-state index >= 15 is 0 Å². The number of hydrogen-bond donors (Lipinski definition) is 1. The van der Waals surface area contributed by atoms with E-state index in [2.05, 4.69) is 5.32 Å². The highest BCUT2D eigenvalue weighted by Crippen LogP contribution is 2.26. The van der Waals surface area contributed by atoms with Crippen LogP contribution in [-0.4, -0.2) is 37.5 Å². The van der Waals surface area contributed by atoms with E-state index in [4.69, 9.17) is 0 Å². The van der Waals surface area contributed by atoms with E-state index in [0.29, 0.717) is 25.1 Å². The van der Waals surface area contributed by atoms with Crippen molar-refractivity contribution in [3.05, 3.63) is 42.5 Å². The number of amides is 1. The van der Waals surface area contributed by atoms with E-state index in [1.165, 1.54) is 4.31 Å². The number of carbonyl (C=O) groups excluding carboxylic acids is 1. The van der Waals surface area contributed by atoms with Crippen molar-refractivity contribution in [3.8, 4) is 0 Å². The molecule has 2 aromatic carbocycles. The number of hydrogen-bond acceptors (Lipinski definition) is 3. The van der Waals surface area contributed by atoms with E-state index in [-0.39, 0.29) is 5.91 Å². The number of nitrogens with zero attached hydrogens (tertiary/aromatic N) is 1. The Morgan fingerprint density at radius 3 is 2.68 bits per heavy atom. The lowest BCUT2D eigenvalue weighted by atomic mass is 10.1. The van der Waals surface area contributed by atoms with Gasteiger partial charge in [-0.2, -0.15) is 4.31 Å². The van der Waals surface area contributed by atoms with Gasteiger partial charge < -0.3 is 5.32 Å². The van der Waals surface area contributed by atoms with Gasteiger partial charge in [0.25, 0.3) is 0 Å². The van der Waals surface area contributed by atoms with Crippen LogP contribution in [0.1, 0.15) is 12.8 Å². The van der Waals surface area contributed by atoms with Crippen LogP contribution in [0, 0.1) is 0 Å². The molecule has 3 rings (SSSR count). The van der Waals surface area contributed by atoms with Gasteiger partial charge in [-0.3, -0.25) is 4.79 Å². The molecule has 1 saturated heterocycles. The molecular weight excluding hydrogens is 300 g/mol. The summed E-state index contributed by atoms with van der Waals surface area (Å²) in [5, 5.41) is 4.86. The van der Waals surface area contributed by atoms with Gasteiger partial charge in [0.05, 0.1) is 6.26 Å². The van der Waals surface area contributed by atoms with Crippen LogP contribution < -0.4 is 5.32 Å². The van der Waals surface area contributed by atoms with Crippen LogP contribution >= 0.6 is 0 Å². The van der Waals surface area contributed by atoms with Crippen LogP contribution in [0.4, 0.5) is 5.69 Å². The minimum Gasteiger partial charge on any atom is -0.324 e. The van der Waals surface area contributed by atoms with E-state index in [0.717, 1.165) is 17.0 Å². The highest BCUT2D eigenvalue weighted by Gasteiger charge is 2.36. The molecule has 1 amide bonds. The molecule has 1 fully saturated rings. The van der Waals surface area contributed by atoms with Crippen LogP contribution in [0.3, 0.4) is 0 Å².